The Balaban J connectivity index is 1.40. The van der Waals surface area contributed by atoms with Crippen molar-refractivity contribution in [2.24, 2.45) is 5.92 Å². The highest BCUT2D eigenvalue weighted by molar-refractivity contribution is 5.82. The number of furan rings is 1. The number of rotatable bonds is 7. The number of nitrogens with zero attached hydrogens (tertiary/aromatic N) is 2. The maximum atomic E-state index is 13.2. The monoisotopic (exact) mass is 472 g/mol. The Hall–Kier alpha value is -3.54. The molecule has 6 nitrogen and oxygen atoms in total. The second kappa shape index (κ2) is 9.61. The molecule has 0 N–H and O–H groups in total. The van der Waals surface area contributed by atoms with Gasteiger partial charge in [-0.15, -0.1) is 0 Å². The van der Waals surface area contributed by atoms with Crippen LogP contribution in [0.15, 0.2) is 65.3 Å². The van der Waals surface area contributed by atoms with E-state index in [1.165, 1.54) is 11.1 Å². The molecule has 5 rings (SSSR count). The van der Waals surface area contributed by atoms with Gasteiger partial charge in [0.1, 0.15) is 11.5 Å². The van der Waals surface area contributed by atoms with E-state index in [2.05, 4.69) is 37.3 Å². The van der Waals surface area contributed by atoms with Gasteiger partial charge >= 0.3 is 0 Å². The molecule has 0 spiro atoms. The van der Waals surface area contributed by atoms with E-state index in [0.29, 0.717) is 18.8 Å². The average molecular weight is 473 g/mol. The fourth-order valence-electron chi connectivity index (χ4n) is 4.95. The van der Waals surface area contributed by atoms with Crippen molar-refractivity contribution < 1.29 is 18.7 Å². The molecule has 2 amide bonds. The lowest BCUT2D eigenvalue weighted by molar-refractivity contribution is -0.137. The Kier molecular flexibility index (Phi) is 6.37. The molecule has 35 heavy (non-hydrogen) atoms. The summed E-state index contributed by atoms with van der Waals surface area (Å²) in [5.41, 5.74) is 4.58. The minimum Gasteiger partial charge on any atom is -0.481 e. The van der Waals surface area contributed by atoms with E-state index >= 15 is 0 Å². The molecule has 2 aliphatic rings. The quantitative estimate of drug-likeness (QED) is 0.491. The van der Waals surface area contributed by atoms with Crippen molar-refractivity contribution in [2.45, 2.75) is 51.8 Å². The van der Waals surface area contributed by atoms with Crippen LogP contribution in [0, 0.1) is 12.8 Å². The number of hydrogen-bond acceptors (Lipinski definition) is 4. The second-order valence-corrected chi connectivity index (χ2v) is 9.77. The largest absolute Gasteiger partial charge is 0.481 e. The number of ether oxygens (including phenoxy) is 1. The van der Waals surface area contributed by atoms with Crippen molar-refractivity contribution in [1.82, 2.24) is 9.80 Å². The zero-order chi connectivity index (χ0) is 24.5. The van der Waals surface area contributed by atoms with Gasteiger partial charge in [-0.3, -0.25) is 9.59 Å². The fourth-order valence-corrected chi connectivity index (χ4v) is 4.95. The summed E-state index contributed by atoms with van der Waals surface area (Å²) in [7, 11) is 1.74. The standard InChI is InChI=1S/C29H32N2O4/c1-19-6-4-7-23(16-19)27-26-17-24(12-11-21(26)13-14-31(27)29(33)22-9-10-22)35-20(2)28(32)30(3)18-25-8-5-15-34-25/h4-8,11-12,15-17,20,22,27H,9-10,13-14,18H2,1-3H3/t20-,27+/m0/s1. The molecule has 1 aliphatic carbocycles. The molecule has 6 heteroatoms. The highest BCUT2D eigenvalue weighted by Gasteiger charge is 2.39. The fraction of sp³-hybridized carbons (Fsp3) is 0.379. The molecule has 2 heterocycles. The van der Waals surface area contributed by atoms with Gasteiger partial charge in [-0.2, -0.15) is 0 Å². The Morgan fingerprint density at radius 3 is 2.69 bits per heavy atom. The zero-order valence-electron chi connectivity index (χ0n) is 20.6. The van der Waals surface area contributed by atoms with E-state index < -0.39 is 6.10 Å². The van der Waals surface area contributed by atoms with Crippen LogP contribution in [0.5, 0.6) is 5.75 Å². The van der Waals surface area contributed by atoms with Crippen molar-refractivity contribution in [1.29, 1.82) is 0 Å². The van der Waals surface area contributed by atoms with Crippen LogP contribution < -0.4 is 4.74 Å². The number of carbonyl (C=O) groups is 2. The first-order valence-electron chi connectivity index (χ1n) is 12.3. The highest BCUT2D eigenvalue weighted by Crippen LogP contribution is 2.41. The van der Waals surface area contributed by atoms with E-state index in [9.17, 15) is 9.59 Å². The summed E-state index contributed by atoms with van der Waals surface area (Å²) >= 11 is 0. The van der Waals surface area contributed by atoms with Crippen molar-refractivity contribution in [3.05, 3.63) is 88.9 Å². The van der Waals surface area contributed by atoms with Crippen LogP contribution in [0.2, 0.25) is 0 Å². The van der Waals surface area contributed by atoms with Crippen LogP contribution >= 0.6 is 0 Å². The SMILES string of the molecule is Cc1cccc([C@@H]2c3cc(O[C@@H](C)C(=O)N(C)Cc4ccco4)ccc3CCN2C(=O)C2CC2)c1. The van der Waals surface area contributed by atoms with Gasteiger partial charge in [0.25, 0.3) is 5.91 Å². The second-order valence-electron chi connectivity index (χ2n) is 9.77. The van der Waals surface area contributed by atoms with Crippen LogP contribution in [0.25, 0.3) is 0 Å². The smallest absolute Gasteiger partial charge is 0.263 e. The molecule has 0 bridgehead atoms. The van der Waals surface area contributed by atoms with Crippen LogP contribution in [0.1, 0.15) is 53.8 Å². The molecule has 3 aromatic rings. The van der Waals surface area contributed by atoms with Gasteiger partial charge in [0, 0.05) is 19.5 Å². The third-order valence-electron chi connectivity index (χ3n) is 6.92. The van der Waals surface area contributed by atoms with Gasteiger partial charge in [0.2, 0.25) is 5.91 Å². The molecule has 1 saturated carbocycles. The Morgan fingerprint density at radius 1 is 1.14 bits per heavy atom. The van der Waals surface area contributed by atoms with Crippen molar-refractivity contribution in [3.8, 4) is 5.75 Å². The molecule has 2 aromatic carbocycles. The van der Waals surface area contributed by atoms with E-state index in [1.54, 1.807) is 25.1 Å². The summed E-state index contributed by atoms with van der Waals surface area (Å²) in [6.45, 7) is 4.94. The van der Waals surface area contributed by atoms with E-state index in [1.807, 2.05) is 29.2 Å². The molecule has 1 aliphatic heterocycles. The summed E-state index contributed by atoms with van der Waals surface area (Å²) in [5, 5.41) is 0. The molecule has 0 saturated heterocycles. The number of carbonyl (C=O) groups excluding carboxylic acids is 2. The predicted molar refractivity (Wildman–Crippen MR) is 133 cm³/mol. The summed E-state index contributed by atoms with van der Waals surface area (Å²) in [6, 6.07) is 17.9. The van der Waals surface area contributed by atoms with Gasteiger partial charge in [0.15, 0.2) is 6.10 Å². The molecule has 182 valence electrons. The molecule has 2 atom stereocenters. The summed E-state index contributed by atoms with van der Waals surface area (Å²) < 4.78 is 11.5. The maximum absolute atomic E-state index is 13.2. The average Bonchev–Trinajstić information content (AvgIpc) is 3.58. The molecule has 0 radical (unpaired) electrons. The lowest BCUT2D eigenvalue weighted by Crippen LogP contribution is -2.41. The van der Waals surface area contributed by atoms with Crippen LogP contribution in [0.3, 0.4) is 0 Å². The first-order valence-corrected chi connectivity index (χ1v) is 12.3. The van der Waals surface area contributed by atoms with Crippen LogP contribution in [-0.4, -0.2) is 41.3 Å². The molecule has 0 unspecified atom stereocenters. The number of likely N-dealkylation sites (N-methyl/N-ethyl adjacent to an activating group) is 1. The lowest BCUT2D eigenvalue weighted by atomic mass is 9.87. The molecule has 1 fully saturated rings. The van der Waals surface area contributed by atoms with Gasteiger partial charge in [-0.25, -0.2) is 0 Å². The van der Waals surface area contributed by atoms with Gasteiger partial charge in [-0.1, -0.05) is 35.9 Å². The summed E-state index contributed by atoms with van der Waals surface area (Å²) in [6.07, 6.45) is 3.73. The number of fused-ring (bicyclic) bond motifs is 1. The van der Waals surface area contributed by atoms with Crippen molar-refractivity contribution in [3.63, 3.8) is 0 Å². The minimum absolute atomic E-state index is 0.125. The Labute approximate surface area is 206 Å². The first-order chi connectivity index (χ1) is 16.9. The Morgan fingerprint density at radius 2 is 1.97 bits per heavy atom. The highest BCUT2D eigenvalue weighted by atomic mass is 16.5. The summed E-state index contributed by atoms with van der Waals surface area (Å²) in [4.78, 5) is 29.8. The maximum Gasteiger partial charge on any atom is 0.263 e. The third kappa shape index (κ3) is 4.97. The number of benzene rings is 2. The number of aryl methyl sites for hydroxylation is 1. The third-order valence-corrected chi connectivity index (χ3v) is 6.92. The topological polar surface area (TPSA) is 63.0 Å². The summed E-state index contributed by atoms with van der Waals surface area (Å²) in [5.74, 6) is 1.64. The zero-order valence-corrected chi connectivity index (χ0v) is 20.6. The number of hydrogen-bond donors (Lipinski definition) is 0. The van der Waals surface area contributed by atoms with Crippen LogP contribution in [0.4, 0.5) is 0 Å². The molecule has 1 aromatic heterocycles. The number of amides is 2. The van der Waals surface area contributed by atoms with Crippen molar-refractivity contribution in [2.75, 3.05) is 13.6 Å². The molecular weight excluding hydrogens is 440 g/mol. The van der Waals surface area contributed by atoms with Gasteiger partial charge < -0.3 is 19.0 Å². The van der Waals surface area contributed by atoms with E-state index in [4.69, 9.17) is 9.15 Å². The van der Waals surface area contributed by atoms with Crippen LogP contribution in [-0.2, 0) is 22.6 Å². The van der Waals surface area contributed by atoms with Gasteiger partial charge in [-0.05, 0) is 74.1 Å². The van der Waals surface area contributed by atoms with Gasteiger partial charge in [0.05, 0.1) is 18.8 Å². The first kappa shape index (κ1) is 23.2. The minimum atomic E-state index is -0.654. The lowest BCUT2D eigenvalue weighted by Gasteiger charge is -2.38. The van der Waals surface area contributed by atoms with E-state index in [0.717, 1.165) is 36.1 Å². The predicted octanol–water partition coefficient (Wildman–Crippen LogP) is 4.90. The van der Waals surface area contributed by atoms with E-state index in [-0.39, 0.29) is 23.8 Å². The normalized spacial score (nSPS) is 18.0. The van der Waals surface area contributed by atoms with Crippen molar-refractivity contribution >= 4 is 11.8 Å². The Bertz CT molecular complexity index is 1220. The molecular formula is C29H32N2O4.